The van der Waals surface area contributed by atoms with Gasteiger partial charge in [-0.05, 0) is 37.3 Å². The van der Waals surface area contributed by atoms with Crippen LogP contribution in [-0.4, -0.2) is 31.2 Å². The van der Waals surface area contributed by atoms with Crippen molar-refractivity contribution in [1.29, 1.82) is 0 Å². The fourth-order valence-corrected chi connectivity index (χ4v) is 3.58. The van der Waals surface area contributed by atoms with Crippen LogP contribution in [0.25, 0.3) is 0 Å². The van der Waals surface area contributed by atoms with Crippen molar-refractivity contribution in [3.8, 4) is 0 Å². The molecule has 8 heteroatoms. The summed E-state index contributed by atoms with van der Waals surface area (Å²) in [5, 5.41) is 2.89. The summed E-state index contributed by atoms with van der Waals surface area (Å²) in [5.74, 6) is -0.242. The molecule has 2 aliphatic rings. The molecular weight excluding hydrogens is 369 g/mol. The number of rotatable bonds is 4. The molecule has 1 aromatic rings. The highest BCUT2D eigenvalue weighted by molar-refractivity contribution is 5.86. The van der Waals surface area contributed by atoms with Gasteiger partial charge in [0.15, 0.2) is 0 Å². The van der Waals surface area contributed by atoms with E-state index in [4.69, 9.17) is 10.5 Å². The Labute approximate surface area is 157 Å². The molecule has 1 aliphatic heterocycles. The van der Waals surface area contributed by atoms with Gasteiger partial charge < -0.3 is 15.8 Å². The van der Waals surface area contributed by atoms with Crippen LogP contribution in [-0.2, 0) is 21.1 Å². The Bertz CT molecular complexity index is 642. The van der Waals surface area contributed by atoms with Crippen LogP contribution in [0, 0.1) is 0 Å². The van der Waals surface area contributed by atoms with E-state index in [0.717, 1.165) is 25.3 Å². The largest absolute Gasteiger partial charge is 0.416 e. The van der Waals surface area contributed by atoms with Crippen LogP contribution in [0.2, 0.25) is 0 Å². The van der Waals surface area contributed by atoms with E-state index in [-0.39, 0.29) is 18.3 Å². The van der Waals surface area contributed by atoms with E-state index in [9.17, 15) is 18.0 Å². The monoisotopic (exact) mass is 392 g/mol. The van der Waals surface area contributed by atoms with Crippen LogP contribution in [0.3, 0.4) is 0 Å². The minimum absolute atomic E-state index is 0. The molecule has 1 saturated heterocycles. The molecule has 3 rings (SSSR count). The first-order valence-corrected chi connectivity index (χ1v) is 8.58. The molecule has 1 saturated carbocycles. The quantitative estimate of drug-likeness (QED) is 0.827. The van der Waals surface area contributed by atoms with Gasteiger partial charge >= 0.3 is 6.18 Å². The maximum atomic E-state index is 13.0. The van der Waals surface area contributed by atoms with Gasteiger partial charge in [0.2, 0.25) is 5.91 Å². The second-order valence-electron chi connectivity index (χ2n) is 7.16. The number of benzene rings is 1. The molecule has 2 fully saturated rings. The average molecular weight is 393 g/mol. The molecule has 0 radical (unpaired) electrons. The molecule has 1 heterocycles. The average Bonchev–Trinajstić information content (AvgIpc) is 2.54. The lowest BCUT2D eigenvalue weighted by molar-refractivity contribution is -0.137. The second kappa shape index (κ2) is 7.74. The van der Waals surface area contributed by atoms with E-state index in [1.807, 2.05) is 0 Å². The molecule has 3 N–H and O–H groups in total. The molecule has 146 valence electrons. The standard InChI is InChI=1S/C18H23F3N2O2.ClH/c19-18(20,21)14-4-1-3-13(11-14)16(5-2-6-16)12-23-15(24)17(22)7-9-25-10-8-17;/h1,3-4,11H,2,5-10,12,22H2,(H,23,24);1H. The van der Waals surface area contributed by atoms with Crippen LogP contribution in [0.5, 0.6) is 0 Å². The number of carbonyl (C=O) groups excluding carboxylic acids is 1. The van der Waals surface area contributed by atoms with Gasteiger partial charge in [-0.1, -0.05) is 24.6 Å². The van der Waals surface area contributed by atoms with E-state index in [0.29, 0.717) is 38.2 Å². The van der Waals surface area contributed by atoms with Crippen molar-refractivity contribution in [1.82, 2.24) is 5.32 Å². The van der Waals surface area contributed by atoms with Crippen LogP contribution in [0.4, 0.5) is 13.2 Å². The van der Waals surface area contributed by atoms with Crippen molar-refractivity contribution >= 4 is 18.3 Å². The van der Waals surface area contributed by atoms with Crippen molar-refractivity contribution in [3.63, 3.8) is 0 Å². The summed E-state index contributed by atoms with van der Waals surface area (Å²) < 4.78 is 44.2. The number of nitrogens with two attached hydrogens (primary N) is 1. The molecule has 0 spiro atoms. The van der Waals surface area contributed by atoms with E-state index < -0.39 is 22.7 Å². The van der Waals surface area contributed by atoms with Crippen molar-refractivity contribution in [2.75, 3.05) is 19.8 Å². The third kappa shape index (κ3) is 4.15. The summed E-state index contributed by atoms with van der Waals surface area (Å²) in [6.45, 7) is 1.21. The lowest BCUT2D eigenvalue weighted by Crippen LogP contribution is -2.59. The maximum absolute atomic E-state index is 13.0. The Morgan fingerprint density at radius 2 is 1.85 bits per heavy atom. The zero-order valence-electron chi connectivity index (χ0n) is 14.4. The second-order valence-corrected chi connectivity index (χ2v) is 7.16. The molecular formula is C18H24ClF3N2O2. The van der Waals surface area contributed by atoms with Crippen molar-refractivity contribution in [2.45, 2.75) is 49.2 Å². The first-order chi connectivity index (χ1) is 11.8. The van der Waals surface area contributed by atoms with Crippen LogP contribution in [0.15, 0.2) is 24.3 Å². The van der Waals surface area contributed by atoms with Gasteiger partial charge in [0, 0.05) is 25.2 Å². The Morgan fingerprint density at radius 3 is 2.38 bits per heavy atom. The van der Waals surface area contributed by atoms with Gasteiger partial charge in [-0.25, -0.2) is 0 Å². The van der Waals surface area contributed by atoms with Crippen molar-refractivity contribution in [3.05, 3.63) is 35.4 Å². The molecule has 0 unspecified atom stereocenters. The number of ether oxygens (including phenoxy) is 1. The molecule has 26 heavy (non-hydrogen) atoms. The molecule has 0 bridgehead atoms. The number of halogens is 4. The highest BCUT2D eigenvalue weighted by Crippen LogP contribution is 2.44. The third-order valence-corrected chi connectivity index (χ3v) is 5.54. The predicted molar refractivity (Wildman–Crippen MR) is 94.2 cm³/mol. The van der Waals surface area contributed by atoms with Gasteiger partial charge in [-0.15, -0.1) is 12.4 Å². The van der Waals surface area contributed by atoms with Crippen molar-refractivity contribution < 1.29 is 22.7 Å². The summed E-state index contributed by atoms with van der Waals surface area (Å²) in [6, 6.07) is 5.43. The van der Waals surface area contributed by atoms with E-state index in [1.54, 1.807) is 6.07 Å². The SMILES string of the molecule is Cl.NC1(C(=O)NCC2(c3cccc(C(F)(F)F)c3)CCC2)CCOCC1. The fourth-order valence-electron chi connectivity index (χ4n) is 3.58. The Balaban J connectivity index is 0.00000243. The topological polar surface area (TPSA) is 64.4 Å². The van der Waals surface area contributed by atoms with Gasteiger partial charge in [0.05, 0.1) is 11.1 Å². The van der Waals surface area contributed by atoms with Crippen LogP contribution >= 0.6 is 12.4 Å². The number of nitrogens with one attached hydrogen (secondary N) is 1. The van der Waals surface area contributed by atoms with Crippen molar-refractivity contribution in [2.24, 2.45) is 5.73 Å². The number of hydrogen-bond acceptors (Lipinski definition) is 3. The lowest BCUT2D eigenvalue weighted by Gasteiger charge is -2.43. The number of hydrogen-bond donors (Lipinski definition) is 2. The van der Waals surface area contributed by atoms with E-state index in [2.05, 4.69) is 5.32 Å². The number of alkyl halides is 3. The van der Waals surface area contributed by atoms with Gasteiger partial charge in [0.1, 0.15) is 0 Å². The summed E-state index contributed by atoms with van der Waals surface area (Å²) in [7, 11) is 0. The van der Waals surface area contributed by atoms with Gasteiger partial charge in [0.25, 0.3) is 0 Å². The molecule has 1 aliphatic carbocycles. The minimum Gasteiger partial charge on any atom is -0.381 e. The first-order valence-electron chi connectivity index (χ1n) is 8.58. The maximum Gasteiger partial charge on any atom is 0.416 e. The van der Waals surface area contributed by atoms with E-state index in [1.165, 1.54) is 12.1 Å². The molecule has 0 aromatic heterocycles. The molecule has 0 atom stereocenters. The number of amides is 1. The summed E-state index contributed by atoms with van der Waals surface area (Å²) in [5.41, 5.74) is 4.77. The minimum atomic E-state index is -4.37. The molecule has 1 aromatic carbocycles. The Hall–Kier alpha value is -1.31. The Kier molecular flexibility index (Phi) is 6.25. The van der Waals surface area contributed by atoms with Crippen LogP contribution < -0.4 is 11.1 Å². The van der Waals surface area contributed by atoms with Gasteiger partial charge in [-0.2, -0.15) is 13.2 Å². The molecule has 4 nitrogen and oxygen atoms in total. The van der Waals surface area contributed by atoms with Crippen LogP contribution in [0.1, 0.15) is 43.2 Å². The predicted octanol–water partition coefficient (Wildman–Crippen LogP) is 3.17. The first kappa shape index (κ1) is 21.0. The zero-order valence-corrected chi connectivity index (χ0v) is 15.2. The highest BCUT2D eigenvalue weighted by Gasteiger charge is 2.42. The molecule has 1 amide bonds. The fraction of sp³-hybridized carbons (Fsp3) is 0.611. The smallest absolute Gasteiger partial charge is 0.381 e. The Morgan fingerprint density at radius 1 is 1.19 bits per heavy atom. The summed E-state index contributed by atoms with van der Waals surface area (Å²) >= 11 is 0. The normalized spacial score (nSPS) is 21.2. The zero-order chi connectivity index (χ0) is 18.1. The number of carbonyl (C=O) groups is 1. The highest BCUT2D eigenvalue weighted by atomic mass is 35.5. The lowest BCUT2D eigenvalue weighted by atomic mass is 9.64. The summed E-state index contributed by atoms with van der Waals surface area (Å²) in [4.78, 5) is 12.5. The summed E-state index contributed by atoms with van der Waals surface area (Å²) in [6.07, 6.45) is -1.00. The van der Waals surface area contributed by atoms with Gasteiger partial charge in [-0.3, -0.25) is 4.79 Å². The third-order valence-electron chi connectivity index (χ3n) is 5.54. The van der Waals surface area contributed by atoms with E-state index >= 15 is 0 Å².